The molecule has 1 aromatic rings. The van der Waals surface area contributed by atoms with Crippen molar-refractivity contribution in [3.63, 3.8) is 0 Å². The number of rotatable bonds is 3. The minimum Gasteiger partial charge on any atom is -0.336 e. The number of benzene rings is 1. The number of amides is 1. The Balaban J connectivity index is 2.62. The Hall–Kier alpha value is -0.970. The molecule has 2 nitrogen and oxygen atoms in total. The molecule has 0 saturated heterocycles. The minimum absolute atomic E-state index is 0.259. The van der Waals surface area contributed by atoms with Crippen molar-refractivity contribution in [3.8, 4) is 0 Å². The maximum absolute atomic E-state index is 13.1. The van der Waals surface area contributed by atoms with Crippen LogP contribution in [-0.2, 0) is 6.42 Å². The van der Waals surface area contributed by atoms with Crippen LogP contribution in [0.25, 0.3) is 0 Å². The predicted molar refractivity (Wildman–Crippen MR) is 57.0 cm³/mol. The van der Waals surface area contributed by atoms with E-state index in [1.54, 1.807) is 7.05 Å². The zero-order valence-corrected chi connectivity index (χ0v) is 9.72. The molecule has 15 heavy (non-hydrogen) atoms. The number of hydrogen-bond acceptors (Lipinski definition) is 1. The quantitative estimate of drug-likeness (QED) is 0.615. The topological polar surface area (TPSA) is 20.3 Å². The normalized spacial score (nSPS) is 10.1. The maximum atomic E-state index is 13.1. The third-order valence-electron chi connectivity index (χ3n) is 2.03. The Morgan fingerprint density at radius 3 is 2.67 bits per heavy atom. The molecule has 0 aliphatic carbocycles. The summed E-state index contributed by atoms with van der Waals surface area (Å²) >= 11 is 2.78. The van der Waals surface area contributed by atoms with E-state index >= 15 is 0 Å². The average molecular weight is 278 g/mol. The predicted octanol–water partition coefficient (Wildman–Crippen LogP) is 2.95. The van der Waals surface area contributed by atoms with Crippen LogP contribution in [0.1, 0.15) is 5.56 Å². The lowest BCUT2D eigenvalue weighted by Gasteiger charge is -2.13. The fourth-order valence-electron chi connectivity index (χ4n) is 1.10. The lowest BCUT2D eigenvalue weighted by atomic mass is 10.1. The average Bonchev–Trinajstić information content (AvgIpc) is 2.15. The minimum atomic E-state index is -0.596. The molecular weight excluding hydrogens is 268 g/mol. The summed E-state index contributed by atoms with van der Waals surface area (Å²) in [5.41, 5.74) is 0.400. The highest BCUT2D eigenvalue weighted by atomic mass is 79.9. The second-order valence-electron chi connectivity index (χ2n) is 3.16. The van der Waals surface area contributed by atoms with Gasteiger partial charge in [0.1, 0.15) is 11.6 Å². The van der Waals surface area contributed by atoms with Crippen molar-refractivity contribution in [2.75, 3.05) is 13.6 Å². The molecule has 0 spiro atoms. The molecule has 0 fully saturated rings. The van der Waals surface area contributed by atoms with E-state index in [2.05, 4.69) is 15.9 Å². The molecule has 1 aromatic carbocycles. The summed E-state index contributed by atoms with van der Waals surface area (Å²) in [6.07, 6.45) is 0.361. The van der Waals surface area contributed by atoms with Crippen molar-refractivity contribution in [3.05, 3.63) is 35.4 Å². The van der Waals surface area contributed by atoms with Crippen LogP contribution in [0.3, 0.4) is 0 Å². The van der Waals surface area contributed by atoms with E-state index < -0.39 is 11.6 Å². The van der Waals surface area contributed by atoms with Gasteiger partial charge in [-0.25, -0.2) is 8.78 Å². The number of halogens is 3. The molecule has 0 bridgehead atoms. The van der Waals surface area contributed by atoms with Crippen molar-refractivity contribution in [1.29, 1.82) is 0 Å². The molecule has 82 valence electrons. The standard InChI is InChI=1S/C10H10BrF2NO/c1-14(10(11)15)5-4-7-2-3-8(12)6-9(7)13/h2-3,6H,4-5H2,1H3. The zero-order valence-electron chi connectivity index (χ0n) is 8.14. The highest BCUT2D eigenvalue weighted by Gasteiger charge is 2.07. The SMILES string of the molecule is CN(CCc1ccc(F)cc1F)C(=O)Br. The smallest absolute Gasteiger partial charge is 0.289 e. The summed E-state index contributed by atoms with van der Waals surface area (Å²) in [5, 5.41) is 0. The van der Waals surface area contributed by atoms with Crippen LogP contribution >= 0.6 is 15.9 Å². The molecule has 0 aliphatic rings. The first-order chi connectivity index (χ1) is 7.00. The van der Waals surface area contributed by atoms with Gasteiger partial charge in [-0.3, -0.25) is 4.79 Å². The Morgan fingerprint density at radius 2 is 2.13 bits per heavy atom. The lowest BCUT2D eigenvalue weighted by molar-refractivity contribution is 0.235. The van der Waals surface area contributed by atoms with E-state index in [1.165, 1.54) is 17.0 Å². The highest BCUT2D eigenvalue weighted by molar-refractivity contribution is 9.18. The Bertz CT molecular complexity index is 370. The number of likely N-dealkylation sites (N-methyl/N-ethyl adjacent to an activating group) is 1. The summed E-state index contributed by atoms with van der Waals surface area (Å²) in [4.78, 5) is 11.9. The lowest BCUT2D eigenvalue weighted by Crippen LogP contribution is -2.23. The van der Waals surface area contributed by atoms with Crippen LogP contribution in [0.4, 0.5) is 13.6 Å². The molecule has 0 unspecified atom stereocenters. The van der Waals surface area contributed by atoms with Gasteiger partial charge < -0.3 is 4.90 Å². The van der Waals surface area contributed by atoms with Crippen LogP contribution in [0, 0.1) is 11.6 Å². The van der Waals surface area contributed by atoms with Gasteiger partial charge in [0.15, 0.2) is 0 Å². The van der Waals surface area contributed by atoms with Gasteiger partial charge in [-0.15, -0.1) is 0 Å². The number of carbonyl (C=O) groups is 1. The van der Waals surface area contributed by atoms with E-state index in [1.807, 2.05) is 0 Å². The molecule has 0 aromatic heterocycles. The van der Waals surface area contributed by atoms with Gasteiger partial charge in [0.05, 0.1) is 0 Å². The van der Waals surface area contributed by atoms with E-state index in [0.717, 1.165) is 6.07 Å². The van der Waals surface area contributed by atoms with Gasteiger partial charge in [-0.2, -0.15) is 0 Å². The Labute approximate surface area is 95.0 Å². The molecular formula is C10H10BrF2NO. The fraction of sp³-hybridized carbons (Fsp3) is 0.300. The van der Waals surface area contributed by atoms with Gasteiger partial charge in [0, 0.05) is 35.6 Å². The van der Waals surface area contributed by atoms with E-state index in [-0.39, 0.29) is 4.82 Å². The van der Waals surface area contributed by atoms with Gasteiger partial charge in [0.2, 0.25) is 0 Å². The molecule has 0 atom stereocenters. The monoisotopic (exact) mass is 277 g/mol. The van der Waals surface area contributed by atoms with E-state index in [0.29, 0.717) is 18.5 Å². The third-order valence-corrected chi connectivity index (χ3v) is 2.64. The number of carbonyl (C=O) groups excluding carboxylic acids is 1. The van der Waals surface area contributed by atoms with Crippen LogP contribution < -0.4 is 0 Å². The summed E-state index contributed by atoms with van der Waals surface area (Å²) in [6, 6.07) is 3.43. The third kappa shape index (κ3) is 3.58. The summed E-state index contributed by atoms with van der Waals surface area (Å²) in [5.74, 6) is -1.17. The zero-order chi connectivity index (χ0) is 11.4. The Morgan fingerprint density at radius 1 is 1.47 bits per heavy atom. The van der Waals surface area contributed by atoms with Gasteiger partial charge in [0.25, 0.3) is 4.82 Å². The highest BCUT2D eigenvalue weighted by Crippen LogP contribution is 2.10. The van der Waals surface area contributed by atoms with E-state index in [4.69, 9.17) is 0 Å². The van der Waals surface area contributed by atoms with Gasteiger partial charge in [-0.1, -0.05) is 6.07 Å². The second-order valence-corrected chi connectivity index (χ2v) is 3.84. The van der Waals surface area contributed by atoms with Crippen LogP contribution in [0.2, 0.25) is 0 Å². The summed E-state index contributed by atoms with van der Waals surface area (Å²) in [7, 11) is 1.60. The molecule has 1 amide bonds. The molecule has 0 N–H and O–H groups in total. The molecule has 1 rings (SSSR count). The number of nitrogens with zero attached hydrogens (tertiary/aromatic N) is 1. The fourth-order valence-corrected chi connectivity index (χ4v) is 1.28. The first kappa shape index (κ1) is 12.1. The van der Waals surface area contributed by atoms with Crippen LogP contribution in [0.15, 0.2) is 18.2 Å². The number of hydrogen-bond donors (Lipinski definition) is 0. The van der Waals surface area contributed by atoms with Crippen molar-refractivity contribution < 1.29 is 13.6 Å². The first-order valence-corrected chi connectivity index (χ1v) is 5.14. The molecule has 0 saturated carbocycles. The van der Waals surface area contributed by atoms with Crippen LogP contribution in [0.5, 0.6) is 0 Å². The maximum Gasteiger partial charge on any atom is 0.289 e. The van der Waals surface area contributed by atoms with Crippen molar-refractivity contribution >= 4 is 20.7 Å². The van der Waals surface area contributed by atoms with Crippen molar-refractivity contribution in [1.82, 2.24) is 4.90 Å². The second kappa shape index (κ2) is 5.21. The summed E-state index contributed by atoms with van der Waals surface area (Å²) in [6.45, 7) is 0.382. The molecule has 0 aliphatic heterocycles. The van der Waals surface area contributed by atoms with Gasteiger partial charge in [-0.05, 0) is 18.1 Å². The van der Waals surface area contributed by atoms with Crippen molar-refractivity contribution in [2.24, 2.45) is 0 Å². The van der Waals surface area contributed by atoms with E-state index in [9.17, 15) is 13.6 Å². The van der Waals surface area contributed by atoms with Crippen molar-refractivity contribution in [2.45, 2.75) is 6.42 Å². The molecule has 0 radical (unpaired) electrons. The summed E-state index contributed by atoms with van der Waals surface area (Å²) < 4.78 is 25.7. The Kier molecular flexibility index (Phi) is 4.20. The van der Waals surface area contributed by atoms with Gasteiger partial charge >= 0.3 is 0 Å². The van der Waals surface area contributed by atoms with Crippen LogP contribution in [-0.4, -0.2) is 23.3 Å². The first-order valence-electron chi connectivity index (χ1n) is 4.35. The molecule has 0 heterocycles. The largest absolute Gasteiger partial charge is 0.336 e. The molecule has 5 heteroatoms.